The van der Waals surface area contributed by atoms with E-state index >= 15 is 0 Å². The van der Waals surface area contributed by atoms with Crippen LogP contribution in [0.4, 0.5) is 4.39 Å². The molecule has 1 unspecified atom stereocenters. The molecule has 1 aromatic carbocycles. The second kappa shape index (κ2) is 5.31. The van der Waals surface area contributed by atoms with Gasteiger partial charge in [-0.05, 0) is 12.1 Å². The largest absolute Gasteiger partial charge is 0.271 e. The van der Waals surface area contributed by atoms with Crippen LogP contribution in [0.3, 0.4) is 0 Å². The summed E-state index contributed by atoms with van der Waals surface area (Å²) >= 11 is 3.31. The monoisotopic (exact) mass is 296 g/mol. The van der Waals surface area contributed by atoms with Crippen LogP contribution in [0.25, 0.3) is 0 Å². The van der Waals surface area contributed by atoms with Crippen molar-refractivity contribution in [2.45, 2.75) is 6.04 Å². The normalized spacial score (nSPS) is 12.4. The number of nitrogens with two attached hydrogens (primary N) is 1. The van der Waals surface area contributed by atoms with E-state index in [9.17, 15) is 4.39 Å². The molecule has 0 aliphatic rings. The highest BCUT2D eigenvalue weighted by molar-refractivity contribution is 9.10. The van der Waals surface area contributed by atoms with Crippen LogP contribution in [-0.2, 0) is 0 Å². The van der Waals surface area contributed by atoms with Crippen LogP contribution in [0.5, 0.6) is 0 Å². The number of rotatable bonds is 3. The molecule has 1 heterocycles. The van der Waals surface area contributed by atoms with E-state index in [1.165, 1.54) is 12.4 Å². The maximum absolute atomic E-state index is 13.8. The molecule has 0 saturated heterocycles. The van der Waals surface area contributed by atoms with Gasteiger partial charge in [-0.15, -0.1) is 0 Å². The molecule has 1 atom stereocenters. The van der Waals surface area contributed by atoms with E-state index in [4.69, 9.17) is 5.84 Å². The van der Waals surface area contributed by atoms with Crippen molar-refractivity contribution in [2.24, 2.45) is 5.84 Å². The molecule has 0 aliphatic carbocycles. The van der Waals surface area contributed by atoms with Crippen molar-refractivity contribution in [3.8, 4) is 0 Å². The highest BCUT2D eigenvalue weighted by Gasteiger charge is 2.19. The zero-order chi connectivity index (χ0) is 12.3. The van der Waals surface area contributed by atoms with Gasteiger partial charge in [-0.1, -0.05) is 22.0 Å². The third-order valence-electron chi connectivity index (χ3n) is 2.37. The minimum Gasteiger partial charge on any atom is -0.271 e. The molecule has 0 bridgehead atoms. The van der Waals surface area contributed by atoms with Gasteiger partial charge < -0.3 is 0 Å². The fourth-order valence-corrected chi connectivity index (χ4v) is 2.16. The minimum atomic E-state index is -0.494. The molecule has 0 saturated carbocycles. The predicted octanol–water partition coefficient (Wildman–Crippen LogP) is 1.93. The molecule has 3 N–H and O–H groups in total. The molecule has 0 amide bonds. The van der Waals surface area contributed by atoms with Crippen molar-refractivity contribution in [1.82, 2.24) is 15.4 Å². The lowest BCUT2D eigenvalue weighted by atomic mass is 10.0. The topological polar surface area (TPSA) is 63.8 Å². The van der Waals surface area contributed by atoms with Crippen LogP contribution in [0.1, 0.15) is 17.2 Å². The number of benzene rings is 1. The SMILES string of the molecule is NNC(c1cncnc1)c1c(F)cccc1Br. The van der Waals surface area contributed by atoms with Crippen LogP contribution in [0.15, 0.2) is 41.4 Å². The van der Waals surface area contributed by atoms with Crippen LogP contribution < -0.4 is 11.3 Å². The number of hydrazine groups is 1. The lowest BCUT2D eigenvalue weighted by Crippen LogP contribution is -2.30. The Kier molecular flexibility index (Phi) is 3.78. The highest BCUT2D eigenvalue weighted by atomic mass is 79.9. The summed E-state index contributed by atoms with van der Waals surface area (Å²) in [6, 6.07) is 4.27. The fraction of sp³-hybridized carbons (Fsp3) is 0.0909. The van der Waals surface area contributed by atoms with Gasteiger partial charge in [-0.25, -0.2) is 19.8 Å². The molecule has 0 radical (unpaired) electrons. The van der Waals surface area contributed by atoms with Crippen molar-refractivity contribution in [3.63, 3.8) is 0 Å². The van der Waals surface area contributed by atoms with Crippen LogP contribution >= 0.6 is 15.9 Å². The maximum Gasteiger partial charge on any atom is 0.129 e. The molecule has 4 nitrogen and oxygen atoms in total. The minimum absolute atomic E-state index is 0.342. The molecule has 0 fully saturated rings. The molecule has 0 aliphatic heterocycles. The van der Waals surface area contributed by atoms with Gasteiger partial charge in [0.25, 0.3) is 0 Å². The Hall–Kier alpha value is -1.37. The Labute approximate surface area is 106 Å². The van der Waals surface area contributed by atoms with Gasteiger partial charge in [0.2, 0.25) is 0 Å². The summed E-state index contributed by atoms with van der Waals surface area (Å²) in [6.07, 6.45) is 4.60. The summed E-state index contributed by atoms with van der Waals surface area (Å²) in [5.74, 6) is 5.14. The van der Waals surface area contributed by atoms with E-state index in [2.05, 4.69) is 31.3 Å². The number of aromatic nitrogens is 2. The maximum atomic E-state index is 13.8. The Morgan fingerprint density at radius 3 is 2.59 bits per heavy atom. The molecule has 6 heteroatoms. The lowest BCUT2D eigenvalue weighted by Gasteiger charge is -2.18. The number of nitrogens with one attached hydrogen (secondary N) is 1. The second-order valence-corrected chi connectivity index (χ2v) is 4.26. The quantitative estimate of drug-likeness (QED) is 0.671. The van der Waals surface area contributed by atoms with E-state index in [-0.39, 0.29) is 5.82 Å². The predicted molar refractivity (Wildman–Crippen MR) is 65.3 cm³/mol. The van der Waals surface area contributed by atoms with E-state index in [0.717, 1.165) is 0 Å². The first-order chi connectivity index (χ1) is 8.24. The molecular formula is C11H10BrFN4. The lowest BCUT2D eigenvalue weighted by molar-refractivity contribution is 0.556. The average molecular weight is 297 g/mol. The van der Waals surface area contributed by atoms with Gasteiger partial charge >= 0.3 is 0 Å². The summed E-state index contributed by atoms with van der Waals surface area (Å²) < 4.78 is 14.4. The van der Waals surface area contributed by atoms with Crippen molar-refractivity contribution < 1.29 is 4.39 Å². The summed E-state index contributed by atoms with van der Waals surface area (Å²) in [6.45, 7) is 0. The first kappa shape index (κ1) is 12.1. The van der Waals surface area contributed by atoms with E-state index in [1.807, 2.05) is 0 Å². The van der Waals surface area contributed by atoms with Gasteiger partial charge in [-0.2, -0.15) is 0 Å². The van der Waals surface area contributed by atoms with Crippen LogP contribution in [0, 0.1) is 5.82 Å². The van der Waals surface area contributed by atoms with Gasteiger partial charge in [0, 0.05) is 28.0 Å². The summed E-state index contributed by atoms with van der Waals surface area (Å²) in [5.41, 5.74) is 3.70. The van der Waals surface area contributed by atoms with Crippen LogP contribution in [0.2, 0.25) is 0 Å². The third kappa shape index (κ3) is 2.49. The van der Waals surface area contributed by atoms with E-state index in [0.29, 0.717) is 15.6 Å². The van der Waals surface area contributed by atoms with Crippen molar-refractivity contribution in [1.29, 1.82) is 0 Å². The van der Waals surface area contributed by atoms with Gasteiger partial charge in [0.05, 0.1) is 6.04 Å². The Morgan fingerprint density at radius 2 is 2.00 bits per heavy atom. The summed E-state index contributed by atoms with van der Waals surface area (Å²) in [7, 11) is 0. The zero-order valence-corrected chi connectivity index (χ0v) is 10.4. The fourth-order valence-electron chi connectivity index (χ4n) is 1.59. The van der Waals surface area contributed by atoms with Gasteiger partial charge in [-0.3, -0.25) is 5.84 Å². The molecule has 0 spiro atoms. The van der Waals surface area contributed by atoms with Crippen LogP contribution in [-0.4, -0.2) is 9.97 Å². The average Bonchev–Trinajstić information content (AvgIpc) is 2.35. The summed E-state index contributed by atoms with van der Waals surface area (Å²) in [4.78, 5) is 7.79. The number of hydrogen-bond acceptors (Lipinski definition) is 4. The van der Waals surface area contributed by atoms with Gasteiger partial charge in [0.15, 0.2) is 0 Å². The van der Waals surface area contributed by atoms with Crippen molar-refractivity contribution >= 4 is 15.9 Å². The smallest absolute Gasteiger partial charge is 0.129 e. The second-order valence-electron chi connectivity index (χ2n) is 3.41. The third-order valence-corrected chi connectivity index (χ3v) is 3.06. The molecular weight excluding hydrogens is 287 g/mol. The first-order valence-electron chi connectivity index (χ1n) is 4.89. The molecule has 2 rings (SSSR count). The first-order valence-corrected chi connectivity index (χ1v) is 5.68. The Morgan fingerprint density at radius 1 is 1.29 bits per heavy atom. The Bertz CT molecular complexity index is 486. The standard InChI is InChI=1S/C11H10BrFN4/c12-8-2-1-3-9(13)10(8)11(17-14)7-4-15-6-16-5-7/h1-6,11,17H,14H2. The number of halogens is 2. The number of nitrogens with zero attached hydrogens (tertiary/aromatic N) is 2. The summed E-state index contributed by atoms with van der Waals surface area (Å²) in [5, 5.41) is 0. The number of hydrogen-bond donors (Lipinski definition) is 2. The van der Waals surface area contributed by atoms with E-state index < -0.39 is 6.04 Å². The zero-order valence-electron chi connectivity index (χ0n) is 8.77. The highest BCUT2D eigenvalue weighted by Crippen LogP contribution is 2.29. The van der Waals surface area contributed by atoms with Crippen molar-refractivity contribution in [3.05, 3.63) is 58.3 Å². The molecule has 1 aromatic heterocycles. The Balaban J connectivity index is 2.50. The molecule has 2 aromatic rings. The molecule has 17 heavy (non-hydrogen) atoms. The van der Waals surface area contributed by atoms with Crippen molar-refractivity contribution in [2.75, 3.05) is 0 Å². The molecule has 88 valence electrons. The van der Waals surface area contributed by atoms with Gasteiger partial charge in [0.1, 0.15) is 12.1 Å². The van der Waals surface area contributed by atoms with E-state index in [1.54, 1.807) is 24.5 Å².